The molecule has 2 atom stereocenters. The summed E-state index contributed by atoms with van der Waals surface area (Å²) in [4.78, 5) is 12.3. The first-order valence-corrected chi connectivity index (χ1v) is 24.4. The summed E-state index contributed by atoms with van der Waals surface area (Å²) in [5.74, 6) is -0.0400. The van der Waals surface area contributed by atoms with Crippen molar-refractivity contribution in [2.24, 2.45) is 0 Å². The molecule has 0 aliphatic rings. The number of aliphatic hydroxyl groups is 2. The van der Waals surface area contributed by atoms with Crippen molar-refractivity contribution in [3.8, 4) is 0 Å². The summed E-state index contributed by atoms with van der Waals surface area (Å²) in [5.41, 5.74) is 0. The number of nitrogens with one attached hydrogen (secondary N) is 1. The fourth-order valence-electron chi connectivity index (χ4n) is 6.90. The molecule has 3 N–H and O–H groups in total. The number of hydrogen-bond acceptors (Lipinski definition) is 3. The number of carbonyl (C=O) groups excluding carboxylic acids is 1. The number of unbranched alkanes of at least 4 members (excludes halogenated alkanes) is 20. The highest BCUT2D eigenvalue weighted by molar-refractivity contribution is 5.76. The Hall–Kier alpha value is -2.69. The minimum absolute atomic E-state index is 0.0400. The zero-order chi connectivity index (χ0) is 42.1. The van der Waals surface area contributed by atoms with Crippen LogP contribution in [0.4, 0.5) is 0 Å². The average molecular weight is 804 g/mol. The molecule has 4 nitrogen and oxygen atoms in total. The van der Waals surface area contributed by atoms with E-state index in [-0.39, 0.29) is 12.5 Å². The molecule has 58 heavy (non-hydrogen) atoms. The number of amides is 1. The molecule has 0 aromatic heterocycles. The van der Waals surface area contributed by atoms with E-state index in [2.05, 4.69) is 116 Å². The molecule has 0 radical (unpaired) electrons. The van der Waals surface area contributed by atoms with Gasteiger partial charge in [-0.3, -0.25) is 4.79 Å². The fourth-order valence-corrected chi connectivity index (χ4v) is 6.90. The van der Waals surface area contributed by atoms with Crippen molar-refractivity contribution in [1.29, 1.82) is 0 Å². The minimum Gasteiger partial charge on any atom is -0.394 e. The van der Waals surface area contributed by atoms with E-state index in [4.69, 9.17) is 0 Å². The Morgan fingerprint density at radius 1 is 0.431 bits per heavy atom. The first-order valence-electron chi connectivity index (χ1n) is 24.4. The van der Waals surface area contributed by atoms with Crippen molar-refractivity contribution in [3.63, 3.8) is 0 Å². The Morgan fingerprint density at radius 3 is 1.14 bits per heavy atom. The lowest BCUT2D eigenvalue weighted by Gasteiger charge is -2.22. The van der Waals surface area contributed by atoms with Gasteiger partial charge in [0, 0.05) is 6.42 Å². The number of allylic oxidation sites excluding steroid dienone is 16. The van der Waals surface area contributed by atoms with E-state index in [1.54, 1.807) is 0 Å². The van der Waals surface area contributed by atoms with Crippen LogP contribution in [0.1, 0.15) is 219 Å². The van der Waals surface area contributed by atoms with Gasteiger partial charge < -0.3 is 15.5 Å². The van der Waals surface area contributed by atoms with Gasteiger partial charge in [-0.1, -0.05) is 233 Å². The second kappa shape index (κ2) is 48.7. The Labute approximate surface area is 360 Å². The molecule has 332 valence electrons. The van der Waals surface area contributed by atoms with E-state index in [0.29, 0.717) is 12.8 Å². The summed E-state index contributed by atoms with van der Waals surface area (Å²) in [7, 11) is 0. The standard InChI is InChI=1S/C54H93NO3/c1-3-5-7-9-11-12-13-14-15-16-17-18-19-20-21-22-23-24-25-26-27-28-29-30-31-32-33-34-35-36-37-38-39-40-41-42-44-46-48-50-54(58)55-52(51-56)53(57)49-47-45-43-10-8-6-4-2/h5,7,11-12,14-15,17-18,20-21,23-24,26-27,29-30,52-53,56-57H,3-4,6,8-10,13,16,19,22,25,28,31-51H2,1-2H3,(H,55,58)/b7-5-,12-11-,15-14-,18-17-,21-20-,24-23-,27-26-,30-29-. The van der Waals surface area contributed by atoms with Crippen LogP contribution in [0.15, 0.2) is 97.2 Å². The molecular formula is C54H93NO3. The van der Waals surface area contributed by atoms with Crippen LogP contribution in [-0.2, 0) is 4.79 Å². The summed E-state index contributed by atoms with van der Waals surface area (Å²) in [6, 6.07) is -0.537. The molecule has 0 saturated heterocycles. The van der Waals surface area contributed by atoms with Gasteiger partial charge in [-0.15, -0.1) is 0 Å². The first-order chi connectivity index (χ1) is 28.7. The molecule has 0 saturated carbocycles. The molecule has 0 heterocycles. The highest BCUT2D eigenvalue weighted by Crippen LogP contribution is 2.15. The Kier molecular flexibility index (Phi) is 46.4. The molecule has 2 unspecified atom stereocenters. The van der Waals surface area contributed by atoms with Gasteiger partial charge in [0.2, 0.25) is 5.91 Å². The fraction of sp³-hybridized carbons (Fsp3) is 0.685. The number of aliphatic hydroxyl groups excluding tert-OH is 2. The van der Waals surface area contributed by atoms with E-state index in [9.17, 15) is 15.0 Å². The number of rotatable bonds is 43. The second-order valence-corrected chi connectivity index (χ2v) is 16.2. The van der Waals surface area contributed by atoms with Crippen molar-refractivity contribution < 1.29 is 15.0 Å². The quantitative estimate of drug-likeness (QED) is 0.0425. The van der Waals surface area contributed by atoms with Crippen molar-refractivity contribution in [2.75, 3.05) is 6.61 Å². The Balaban J connectivity index is 3.50. The van der Waals surface area contributed by atoms with Crippen LogP contribution in [0, 0.1) is 0 Å². The van der Waals surface area contributed by atoms with Crippen LogP contribution >= 0.6 is 0 Å². The summed E-state index contributed by atoms with van der Waals surface area (Å²) in [5, 5.41) is 23.0. The number of carbonyl (C=O) groups is 1. The predicted molar refractivity (Wildman–Crippen MR) is 257 cm³/mol. The van der Waals surface area contributed by atoms with Crippen LogP contribution in [0.5, 0.6) is 0 Å². The predicted octanol–water partition coefficient (Wildman–Crippen LogP) is 15.8. The molecule has 0 aliphatic carbocycles. The third kappa shape index (κ3) is 44.4. The van der Waals surface area contributed by atoms with Gasteiger partial charge in [-0.25, -0.2) is 0 Å². The lowest BCUT2D eigenvalue weighted by molar-refractivity contribution is -0.123. The van der Waals surface area contributed by atoms with Gasteiger partial charge in [0.05, 0.1) is 18.8 Å². The molecule has 0 fully saturated rings. The first kappa shape index (κ1) is 55.3. The summed E-state index contributed by atoms with van der Waals surface area (Å²) < 4.78 is 0. The van der Waals surface area contributed by atoms with Gasteiger partial charge in [-0.05, 0) is 77.0 Å². The molecule has 0 aromatic carbocycles. The molecule has 0 aliphatic heterocycles. The molecule has 1 amide bonds. The third-order valence-corrected chi connectivity index (χ3v) is 10.6. The summed E-state index contributed by atoms with van der Waals surface area (Å²) in [6.07, 6.45) is 72.4. The van der Waals surface area contributed by atoms with E-state index in [0.717, 1.165) is 77.0 Å². The largest absolute Gasteiger partial charge is 0.394 e. The molecule has 0 bridgehead atoms. The molecular weight excluding hydrogens is 711 g/mol. The van der Waals surface area contributed by atoms with Gasteiger partial charge in [0.1, 0.15) is 0 Å². The normalized spacial score (nSPS) is 13.8. The monoisotopic (exact) mass is 804 g/mol. The Morgan fingerprint density at radius 2 is 0.759 bits per heavy atom. The lowest BCUT2D eigenvalue weighted by Crippen LogP contribution is -2.45. The van der Waals surface area contributed by atoms with Gasteiger partial charge >= 0.3 is 0 Å². The molecule has 0 spiro atoms. The zero-order valence-corrected chi connectivity index (χ0v) is 38.0. The van der Waals surface area contributed by atoms with E-state index in [1.807, 2.05) is 0 Å². The van der Waals surface area contributed by atoms with Crippen LogP contribution in [0.25, 0.3) is 0 Å². The van der Waals surface area contributed by atoms with Crippen molar-refractivity contribution >= 4 is 5.91 Å². The van der Waals surface area contributed by atoms with Gasteiger partial charge in [0.15, 0.2) is 0 Å². The van der Waals surface area contributed by atoms with Crippen LogP contribution in [-0.4, -0.2) is 34.9 Å². The van der Waals surface area contributed by atoms with E-state index < -0.39 is 12.1 Å². The topological polar surface area (TPSA) is 69.6 Å². The van der Waals surface area contributed by atoms with E-state index >= 15 is 0 Å². The maximum absolute atomic E-state index is 12.3. The SMILES string of the molecule is CC/C=C\C/C=C\C/C=C\C/C=C\C/C=C\C/C=C\C/C=C\C/C=C\CCCCCCCCCCCCCCCCC(=O)NC(CO)C(O)CCCCCCCCC. The van der Waals surface area contributed by atoms with Crippen molar-refractivity contribution in [2.45, 2.75) is 231 Å². The lowest BCUT2D eigenvalue weighted by atomic mass is 10.0. The Bertz CT molecular complexity index is 1090. The molecule has 0 aromatic rings. The maximum atomic E-state index is 12.3. The third-order valence-electron chi connectivity index (χ3n) is 10.6. The summed E-state index contributed by atoms with van der Waals surface area (Å²) in [6.45, 7) is 4.19. The van der Waals surface area contributed by atoms with Crippen LogP contribution in [0.3, 0.4) is 0 Å². The highest BCUT2D eigenvalue weighted by Gasteiger charge is 2.20. The smallest absolute Gasteiger partial charge is 0.220 e. The number of hydrogen-bond donors (Lipinski definition) is 3. The molecule has 4 heteroatoms. The minimum atomic E-state index is -0.660. The van der Waals surface area contributed by atoms with Crippen LogP contribution in [0.2, 0.25) is 0 Å². The maximum Gasteiger partial charge on any atom is 0.220 e. The summed E-state index contributed by atoms with van der Waals surface area (Å²) >= 11 is 0. The molecule has 0 rings (SSSR count). The van der Waals surface area contributed by atoms with Gasteiger partial charge in [-0.2, -0.15) is 0 Å². The average Bonchev–Trinajstić information content (AvgIpc) is 3.23. The highest BCUT2D eigenvalue weighted by atomic mass is 16.3. The van der Waals surface area contributed by atoms with Crippen LogP contribution < -0.4 is 5.32 Å². The zero-order valence-electron chi connectivity index (χ0n) is 38.0. The second-order valence-electron chi connectivity index (χ2n) is 16.2. The van der Waals surface area contributed by atoms with E-state index in [1.165, 1.54) is 116 Å². The van der Waals surface area contributed by atoms with Crippen molar-refractivity contribution in [1.82, 2.24) is 5.32 Å². The van der Waals surface area contributed by atoms with Crippen molar-refractivity contribution in [3.05, 3.63) is 97.2 Å². The van der Waals surface area contributed by atoms with Gasteiger partial charge in [0.25, 0.3) is 0 Å².